The average molecular weight is 241 g/mol. The molecule has 17 heavy (non-hydrogen) atoms. The van der Waals surface area contributed by atoms with E-state index in [4.69, 9.17) is 17.3 Å². The number of carbonyl (C=O) groups excluding carboxylic acids is 1. The molecule has 0 aliphatic heterocycles. The molecule has 5 N–H and O–H groups in total. The van der Waals surface area contributed by atoms with Gasteiger partial charge in [0.25, 0.3) is 0 Å². The molecular weight excluding hydrogens is 222 g/mol. The van der Waals surface area contributed by atoms with E-state index in [1.165, 1.54) is 0 Å². The Kier molecular flexibility index (Phi) is 8.74. The highest BCUT2D eigenvalue weighted by molar-refractivity contribution is 5.84. The third kappa shape index (κ3) is 8.25. The molecule has 1 unspecified atom stereocenters. The third-order valence-corrected chi connectivity index (χ3v) is 2.09. The summed E-state index contributed by atoms with van der Waals surface area (Å²) in [4.78, 5) is 22.2. The highest BCUT2D eigenvalue weighted by atomic mass is 16.4. The molecule has 0 aromatic heterocycles. The molecule has 1 amide bonds. The lowest BCUT2D eigenvalue weighted by Crippen LogP contribution is -2.44. The highest BCUT2D eigenvalue weighted by Gasteiger charge is 2.18. The van der Waals surface area contributed by atoms with Crippen LogP contribution in [0.4, 0.5) is 0 Å². The van der Waals surface area contributed by atoms with Crippen molar-refractivity contribution in [1.29, 1.82) is 0 Å². The molecule has 1 atom stereocenters. The first-order valence-corrected chi connectivity index (χ1v) is 5.48. The number of hydrogen-bond donors (Lipinski definition) is 4. The van der Waals surface area contributed by atoms with Crippen molar-refractivity contribution in [2.75, 3.05) is 19.6 Å². The van der Waals surface area contributed by atoms with Gasteiger partial charge in [0.1, 0.15) is 6.04 Å². The normalized spacial score (nSPS) is 11.5. The van der Waals surface area contributed by atoms with Crippen molar-refractivity contribution in [2.45, 2.75) is 25.3 Å². The second-order valence-electron chi connectivity index (χ2n) is 3.55. The van der Waals surface area contributed by atoms with Crippen LogP contribution in [0, 0.1) is 12.3 Å². The van der Waals surface area contributed by atoms with Crippen LogP contribution in [0.3, 0.4) is 0 Å². The van der Waals surface area contributed by atoms with Crippen LogP contribution in [-0.2, 0) is 9.59 Å². The number of rotatable bonds is 9. The molecule has 0 rings (SSSR count). The molecule has 0 aliphatic carbocycles. The Morgan fingerprint density at radius 1 is 1.41 bits per heavy atom. The lowest BCUT2D eigenvalue weighted by molar-refractivity contribution is -0.141. The second-order valence-corrected chi connectivity index (χ2v) is 3.55. The number of nitrogens with one attached hydrogen (secondary N) is 2. The standard InChI is InChI=1S/C11H19N3O3/c1-2-7-13-8-10(15)14-9(11(16)17)5-3-4-6-12/h1,9,13H,3-8,12H2,(H,14,15)(H,16,17). The maximum Gasteiger partial charge on any atom is 0.326 e. The Morgan fingerprint density at radius 2 is 2.12 bits per heavy atom. The molecule has 0 bridgehead atoms. The SMILES string of the molecule is C#CCNCC(=O)NC(CCCCN)C(=O)O. The van der Waals surface area contributed by atoms with Crippen molar-refractivity contribution in [3.8, 4) is 12.3 Å². The van der Waals surface area contributed by atoms with Crippen LogP contribution in [0.25, 0.3) is 0 Å². The number of unbranched alkanes of at least 4 members (excludes halogenated alkanes) is 1. The molecule has 96 valence electrons. The summed E-state index contributed by atoms with van der Waals surface area (Å²) in [5, 5.41) is 14.0. The first kappa shape index (κ1) is 15.4. The number of terminal acetylenes is 1. The zero-order valence-corrected chi connectivity index (χ0v) is 9.74. The van der Waals surface area contributed by atoms with Crippen molar-refractivity contribution >= 4 is 11.9 Å². The van der Waals surface area contributed by atoms with Gasteiger partial charge in [0.05, 0.1) is 13.1 Å². The van der Waals surface area contributed by atoms with Crippen LogP contribution >= 0.6 is 0 Å². The van der Waals surface area contributed by atoms with Crippen LogP contribution in [0.2, 0.25) is 0 Å². The zero-order chi connectivity index (χ0) is 13.1. The summed E-state index contributed by atoms with van der Waals surface area (Å²) >= 11 is 0. The fraction of sp³-hybridized carbons (Fsp3) is 0.636. The lowest BCUT2D eigenvalue weighted by Gasteiger charge is -2.14. The van der Waals surface area contributed by atoms with Gasteiger partial charge in [0.15, 0.2) is 0 Å². The Labute approximate surface area is 101 Å². The lowest BCUT2D eigenvalue weighted by atomic mass is 10.1. The van der Waals surface area contributed by atoms with E-state index in [1.807, 2.05) is 0 Å². The Bertz CT molecular complexity index is 286. The van der Waals surface area contributed by atoms with Gasteiger partial charge in [-0.2, -0.15) is 0 Å². The molecule has 6 heteroatoms. The monoisotopic (exact) mass is 241 g/mol. The van der Waals surface area contributed by atoms with Gasteiger partial charge in [0.2, 0.25) is 5.91 Å². The van der Waals surface area contributed by atoms with Gasteiger partial charge >= 0.3 is 5.97 Å². The van der Waals surface area contributed by atoms with Gasteiger partial charge in [-0.05, 0) is 25.8 Å². The van der Waals surface area contributed by atoms with Crippen molar-refractivity contribution in [3.05, 3.63) is 0 Å². The summed E-state index contributed by atoms with van der Waals surface area (Å²) in [6, 6.07) is -0.860. The summed E-state index contributed by atoms with van der Waals surface area (Å²) in [5.74, 6) is 0.910. The van der Waals surface area contributed by atoms with E-state index in [0.717, 1.165) is 6.42 Å². The van der Waals surface area contributed by atoms with Crippen LogP contribution in [0.5, 0.6) is 0 Å². The summed E-state index contributed by atoms with van der Waals surface area (Å²) < 4.78 is 0. The van der Waals surface area contributed by atoms with Crippen LogP contribution in [0.1, 0.15) is 19.3 Å². The third-order valence-electron chi connectivity index (χ3n) is 2.09. The summed E-state index contributed by atoms with van der Waals surface area (Å²) in [7, 11) is 0. The Balaban J connectivity index is 3.94. The minimum Gasteiger partial charge on any atom is -0.480 e. The Morgan fingerprint density at radius 3 is 2.65 bits per heavy atom. The molecule has 0 spiro atoms. The number of carboxylic acids is 1. The van der Waals surface area contributed by atoms with Crippen LogP contribution < -0.4 is 16.4 Å². The van der Waals surface area contributed by atoms with Gasteiger partial charge < -0.3 is 16.2 Å². The van der Waals surface area contributed by atoms with Gasteiger partial charge in [0, 0.05) is 0 Å². The van der Waals surface area contributed by atoms with Crippen molar-refractivity contribution in [1.82, 2.24) is 10.6 Å². The first-order chi connectivity index (χ1) is 8.11. The summed E-state index contributed by atoms with van der Waals surface area (Å²) in [6.45, 7) is 0.813. The number of carboxylic acid groups (broad SMARTS) is 1. The van der Waals surface area contributed by atoms with E-state index in [-0.39, 0.29) is 19.0 Å². The smallest absolute Gasteiger partial charge is 0.326 e. The molecule has 0 aromatic rings. The van der Waals surface area contributed by atoms with Crippen LogP contribution in [0.15, 0.2) is 0 Å². The number of carbonyl (C=O) groups is 2. The fourth-order valence-corrected chi connectivity index (χ4v) is 1.24. The fourth-order valence-electron chi connectivity index (χ4n) is 1.24. The van der Waals surface area contributed by atoms with Gasteiger partial charge in [-0.15, -0.1) is 6.42 Å². The number of nitrogens with two attached hydrogens (primary N) is 1. The van der Waals surface area contributed by atoms with Crippen molar-refractivity contribution in [3.63, 3.8) is 0 Å². The molecule has 6 nitrogen and oxygen atoms in total. The van der Waals surface area contributed by atoms with Gasteiger partial charge in [-0.25, -0.2) is 4.79 Å². The quantitative estimate of drug-likeness (QED) is 0.303. The number of amides is 1. The maximum absolute atomic E-state index is 11.3. The van der Waals surface area contributed by atoms with E-state index in [1.54, 1.807) is 0 Å². The molecule has 0 radical (unpaired) electrons. The molecular formula is C11H19N3O3. The van der Waals surface area contributed by atoms with Crippen molar-refractivity contribution < 1.29 is 14.7 Å². The van der Waals surface area contributed by atoms with Gasteiger partial charge in [-0.3, -0.25) is 10.1 Å². The summed E-state index contributed by atoms with van der Waals surface area (Å²) in [6.07, 6.45) is 6.79. The molecule has 0 aliphatic rings. The molecule has 0 saturated carbocycles. The molecule has 0 saturated heterocycles. The van der Waals surface area contributed by atoms with E-state index in [9.17, 15) is 9.59 Å². The Hall–Kier alpha value is -1.58. The zero-order valence-electron chi connectivity index (χ0n) is 9.74. The van der Waals surface area contributed by atoms with E-state index >= 15 is 0 Å². The first-order valence-electron chi connectivity index (χ1n) is 5.48. The second kappa shape index (κ2) is 9.63. The number of hydrogen-bond acceptors (Lipinski definition) is 4. The van der Waals surface area contributed by atoms with E-state index in [0.29, 0.717) is 19.4 Å². The minimum absolute atomic E-state index is 0.0187. The van der Waals surface area contributed by atoms with Gasteiger partial charge in [-0.1, -0.05) is 5.92 Å². The maximum atomic E-state index is 11.3. The number of aliphatic carboxylic acids is 1. The van der Waals surface area contributed by atoms with E-state index in [2.05, 4.69) is 16.6 Å². The van der Waals surface area contributed by atoms with Crippen LogP contribution in [-0.4, -0.2) is 42.7 Å². The molecule has 0 fully saturated rings. The molecule has 0 aromatic carbocycles. The largest absolute Gasteiger partial charge is 0.480 e. The average Bonchev–Trinajstić information content (AvgIpc) is 2.28. The predicted octanol–water partition coefficient (Wildman–Crippen LogP) is -1.09. The topological polar surface area (TPSA) is 104 Å². The molecule has 0 heterocycles. The van der Waals surface area contributed by atoms with Crippen molar-refractivity contribution in [2.24, 2.45) is 5.73 Å². The minimum atomic E-state index is -1.03. The summed E-state index contributed by atoms with van der Waals surface area (Å²) in [5.41, 5.74) is 5.31. The predicted molar refractivity (Wildman–Crippen MR) is 64.2 cm³/mol. The highest BCUT2D eigenvalue weighted by Crippen LogP contribution is 2.00. The van der Waals surface area contributed by atoms with E-state index < -0.39 is 12.0 Å².